The fourth-order valence-corrected chi connectivity index (χ4v) is 2.35. The van der Waals surface area contributed by atoms with Crippen molar-refractivity contribution in [1.82, 2.24) is 0 Å². The molecule has 0 unspecified atom stereocenters. The van der Waals surface area contributed by atoms with Gasteiger partial charge < -0.3 is 21.7 Å². The zero-order chi connectivity index (χ0) is 15.3. The maximum Gasteiger partial charge on any atom is 1.00 e. The third-order valence-electron chi connectivity index (χ3n) is 2.07. The van der Waals surface area contributed by atoms with Gasteiger partial charge >= 0.3 is 35.5 Å². The van der Waals surface area contributed by atoms with Crippen LogP contribution in [-0.4, -0.2) is 36.8 Å². The van der Waals surface area contributed by atoms with Gasteiger partial charge in [0.15, 0.2) is 5.75 Å². The molecule has 112 valence electrons. The predicted octanol–water partition coefficient (Wildman–Crippen LogP) is -0.658. The fraction of sp³-hybridized carbons (Fsp3) is 0.273. The van der Waals surface area contributed by atoms with Crippen LogP contribution in [0.1, 0.15) is 11.8 Å². The predicted molar refractivity (Wildman–Crippen MR) is 75.1 cm³/mol. The van der Waals surface area contributed by atoms with Crippen LogP contribution in [0.25, 0.3) is 0 Å². The van der Waals surface area contributed by atoms with Gasteiger partial charge in [-0.2, -0.15) is 0 Å². The number of rotatable bonds is 7. The Labute approximate surface area is 159 Å². The van der Waals surface area contributed by atoms with E-state index in [-0.39, 0.29) is 70.6 Å². The second kappa shape index (κ2) is 9.74. The molecule has 1 rings (SSSR count). The van der Waals surface area contributed by atoms with Crippen LogP contribution in [0.5, 0.6) is 5.75 Å². The number of benzene rings is 1. The van der Waals surface area contributed by atoms with E-state index in [4.69, 9.17) is 55.1 Å². The number of hydrogen-bond donors (Lipinski definition) is 2. The zero-order valence-electron chi connectivity index (χ0n) is 12.0. The summed E-state index contributed by atoms with van der Waals surface area (Å²) >= 11 is 17.6. The molecule has 10 heteroatoms. The van der Waals surface area contributed by atoms with Crippen LogP contribution in [0.4, 0.5) is 0 Å². The minimum absolute atomic E-state index is 0. The summed E-state index contributed by atoms with van der Waals surface area (Å²) in [7, 11) is 0. The first-order valence-corrected chi connectivity index (χ1v) is 6.37. The van der Waals surface area contributed by atoms with Gasteiger partial charge in [-0.15, -0.1) is 0 Å². The van der Waals surface area contributed by atoms with E-state index in [0.29, 0.717) is 0 Å². The second-order valence-corrected chi connectivity index (χ2v) is 4.71. The number of nitrogens with two attached hydrogens (primary N) is 1. The van der Waals surface area contributed by atoms with Crippen molar-refractivity contribution in [3.05, 3.63) is 26.7 Å². The Balaban J connectivity index is 0. The number of hydrogen-bond acceptors (Lipinski definition) is 4. The van der Waals surface area contributed by atoms with Crippen molar-refractivity contribution in [1.29, 1.82) is 0 Å². The largest absolute Gasteiger partial charge is 1.00 e. The minimum Gasteiger partial charge on any atom is -1.00 e. The monoisotopic (exact) mass is 365 g/mol. The minimum atomic E-state index is -1.09. The van der Waals surface area contributed by atoms with E-state index in [1.54, 1.807) is 0 Å². The van der Waals surface area contributed by atoms with E-state index in [2.05, 4.69) is 0 Å². The van der Waals surface area contributed by atoms with E-state index in [1.807, 2.05) is 0 Å². The topological polar surface area (TPSA) is 98.9 Å². The summed E-state index contributed by atoms with van der Waals surface area (Å²) < 4.78 is 10.0. The van der Waals surface area contributed by atoms with E-state index in [9.17, 15) is 9.59 Å². The summed E-state index contributed by atoms with van der Waals surface area (Å²) in [4.78, 5) is 21.4. The van der Waals surface area contributed by atoms with Crippen molar-refractivity contribution in [2.45, 2.75) is 0 Å². The summed E-state index contributed by atoms with van der Waals surface area (Å²) in [5.41, 5.74) is 5.05. The summed E-state index contributed by atoms with van der Waals surface area (Å²) in [6.07, 6.45) is 0. The number of aliphatic carboxylic acids is 1. The number of carbonyl (C=O) groups excluding carboxylic acids is 1. The Kier molecular flexibility index (Phi) is 9.64. The van der Waals surface area contributed by atoms with Gasteiger partial charge in [0.2, 0.25) is 0 Å². The van der Waals surface area contributed by atoms with E-state index < -0.39 is 18.5 Å². The summed E-state index contributed by atoms with van der Waals surface area (Å²) in [5, 5.41) is 8.38. The molecule has 0 aliphatic heterocycles. The molecule has 0 saturated heterocycles. The molecule has 1 aromatic carbocycles. The molecule has 0 saturated carbocycles. The molecule has 0 fully saturated rings. The van der Waals surface area contributed by atoms with Crippen LogP contribution in [0.3, 0.4) is 0 Å². The molecule has 0 spiro atoms. The molecule has 6 nitrogen and oxygen atoms in total. The molecule has 1 amide bonds. The molecule has 0 aliphatic carbocycles. The van der Waals surface area contributed by atoms with Gasteiger partial charge in [0.1, 0.15) is 13.2 Å². The molecular weight excluding hydrogens is 355 g/mol. The SMILES string of the molecule is NC(=O)c1c(Cl)cc(Cl)c(OCCOCC(=O)O)c1Cl.[H-].[Na+]. The van der Waals surface area contributed by atoms with Crippen LogP contribution >= 0.6 is 34.8 Å². The first-order valence-electron chi connectivity index (χ1n) is 5.24. The molecule has 0 aromatic heterocycles. The maximum absolute atomic E-state index is 11.2. The quantitative estimate of drug-likeness (QED) is 0.493. The van der Waals surface area contributed by atoms with Crippen LogP contribution in [-0.2, 0) is 9.53 Å². The van der Waals surface area contributed by atoms with Gasteiger partial charge in [-0.05, 0) is 6.07 Å². The maximum atomic E-state index is 11.2. The summed E-state index contributed by atoms with van der Waals surface area (Å²) in [6, 6.07) is 1.28. The van der Waals surface area contributed by atoms with Crippen molar-refractivity contribution in [3.63, 3.8) is 0 Å². The van der Waals surface area contributed by atoms with Gasteiger partial charge in [-0.25, -0.2) is 4.79 Å². The molecule has 0 aliphatic rings. The molecule has 3 N–H and O–H groups in total. The number of halogens is 3. The van der Waals surface area contributed by atoms with E-state index in [1.165, 1.54) is 6.07 Å². The smallest absolute Gasteiger partial charge is 1.00 e. The number of ether oxygens (including phenoxy) is 2. The van der Waals surface area contributed by atoms with Gasteiger partial charge in [0, 0.05) is 0 Å². The van der Waals surface area contributed by atoms with Crippen molar-refractivity contribution in [2.24, 2.45) is 5.73 Å². The Bertz CT molecular complexity index is 547. The molecule has 1 aromatic rings. The third-order valence-corrected chi connectivity index (χ3v) is 3.01. The van der Waals surface area contributed by atoms with Crippen LogP contribution in [0, 0.1) is 0 Å². The second-order valence-electron chi connectivity index (χ2n) is 3.52. The first-order chi connectivity index (χ1) is 9.34. The molecular formula is C11H11Cl3NNaO5. The van der Waals surface area contributed by atoms with Crippen molar-refractivity contribution in [2.75, 3.05) is 19.8 Å². The fourth-order valence-electron chi connectivity index (χ4n) is 1.29. The first kappa shape index (κ1) is 20.8. The Morgan fingerprint density at radius 1 is 1.24 bits per heavy atom. The third kappa shape index (κ3) is 6.20. The molecule has 0 atom stereocenters. The molecule has 0 radical (unpaired) electrons. The van der Waals surface area contributed by atoms with Gasteiger partial charge in [0.05, 0.1) is 27.2 Å². The van der Waals surface area contributed by atoms with E-state index in [0.717, 1.165) is 0 Å². The molecule has 21 heavy (non-hydrogen) atoms. The summed E-state index contributed by atoms with van der Waals surface area (Å²) in [6.45, 7) is -0.446. The Hall–Kier alpha value is -0.210. The van der Waals surface area contributed by atoms with Gasteiger partial charge in [-0.3, -0.25) is 4.79 Å². The molecule has 0 heterocycles. The zero-order valence-corrected chi connectivity index (χ0v) is 15.3. The van der Waals surface area contributed by atoms with E-state index >= 15 is 0 Å². The standard InChI is InChI=1S/C11H10Cl3NO5.Na.H/c12-5-3-6(13)10(9(14)8(5)11(15)18)20-2-1-19-4-7(16)17;;/h3H,1-2,4H2,(H2,15,18)(H,16,17);;/q;+1;-1. The number of amides is 1. The summed E-state index contributed by atoms with van der Waals surface area (Å²) in [5.74, 6) is -1.88. The van der Waals surface area contributed by atoms with Crippen LogP contribution in [0.2, 0.25) is 15.1 Å². The number of primary amides is 1. The van der Waals surface area contributed by atoms with Crippen LogP contribution in [0.15, 0.2) is 6.07 Å². The number of carboxylic acid groups (broad SMARTS) is 1. The van der Waals surface area contributed by atoms with Crippen molar-refractivity contribution >= 4 is 46.7 Å². The normalized spacial score (nSPS) is 9.86. The Morgan fingerprint density at radius 2 is 1.86 bits per heavy atom. The number of carboxylic acids is 1. The van der Waals surface area contributed by atoms with Crippen molar-refractivity contribution < 1.29 is 55.2 Å². The van der Waals surface area contributed by atoms with Gasteiger partial charge in [-0.1, -0.05) is 34.8 Å². The average molecular weight is 367 g/mol. The Morgan fingerprint density at radius 3 is 2.38 bits per heavy atom. The van der Waals surface area contributed by atoms with Crippen LogP contribution < -0.4 is 40.0 Å². The van der Waals surface area contributed by atoms with Gasteiger partial charge in [0.25, 0.3) is 5.91 Å². The average Bonchev–Trinajstić information content (AvgIpc) is 2.30. The molecule has 0 bridgehead atoms. The van der Waals surface area contributed by atoms with Crippen molar-refractivity contribution in [3.8, 4) is 5.75 Å². The number of carbonyl (C=O) groups is 2.